The topological polar surface area (TPSA) is 29.3 Å². The van der Waals surface area contributed by atoms with E-state index in [1.54, 1.807) is 6.07 Å². The fourth-order valence-electron chi connectivity index (χ4n) is 3.33. The Labute approximate surface area is 134 Å². The summed E-state index contributed by atoms with van der Waals surface area (Å²) in [5.41, 5.74) is 2.51. The Balaban J connectivity index is 1.51. The van der Waals surface area contributed by atoms with Crippen LogP contribution in [0.2, 0.25) is 0 Å². The lowest BCUT2D eigenvalue weighted by molar-refractivity contribution is 0.185. The number of oxazole rings is 1. The van der Waals surface area contributed by atoms with Crippen LogP contribution in [0.1, 0.15) is 30.2 Å². The summed E-state index contributed by atoms with van der Waals surface area (Å²) in [7, 11) is 0. The van der Waals surface area contributed by atoms with Crippen LogP contribution in [0.25, 0.3) is 11.1 Å². The molecule has 1 aliphatic rings. The molecule has 0 spiro atoms. The molecule has 0 N–H and O–H groups in total. The van der Waals surface area contributed by atoms with E-state index in [4.69, 9.17) is 4.42 Å². The van der Waals surface area contributed by atoms with Crippen LogP contribution in [-0.4, -0.2) is 23.0 Å². The van der Waals surface area contributed by atoms with Gasteiger partial charge in [-0.2, -0.15) is 0 Å². The molecule has 23 heavy (non-hydrogen) atoms. The maximum Gasteiger partial charge on any atom is 0.199 e. The van der Waals surface area contributed by atoms with Gasteiger partial charge < -0.3 is 4.42 Å². The first-order valence-electron chi connectivity index (χ1n) is 8.11. The number of benzene rings is 2. The number of fused-ring (bicyclic) bond motifs is 1. The van der Waals surface area contributed by atoms with Crippen LogP contribution in [0.5, 0.6) is 0 Å². The molecule has 2 aromatic carbocycles. The maximum absolute atomic E-state index is 13.8. The Morgan fingerprint density at radius 3 is 2.83 bits per heavy atom. The highest BCUT2D eigenvalue weighted by Gasteiger charge is 2.25. The molecule has 1 atom stereocenters. The van der Waals surface area contributed by atoms with Gasteiger partial charge in [-0.3, -0.25) is 4.90 Å². The molecule has 0 saturated carbocycles. The van der Waals surface area contributed by atoms with Crippen LogP contribution in [0.4, 0.5) is 4.39 Å². The Hall–Kier alpha value is -2.20. The lowest BCUT2D eigenvalue weighted by atomic mass is 9.97. The minimum absolute atomic E-state index is 0.128. The molecule has 0 radical (unpaired) electrons. The molecule has 2 heterocycles. The average Bonchev–Trinajstić information content (AvgIpc) is 3.01. The number of hydrogen-bond acceptors (Lipinski definition) is 3. The molecule has 0 amide bonds. The predicted molar refractivity (Wildman–Crippen MR) is 87.7 cm³/mol. The van der Waals surface area contributed by atoms with Gasteiger partial charge in [0.1, 0.15) is 11.3 Å². The van der Waals surface area contributed by atoms with Crippen molar-refractivity contribution in [3.63, 3.8) is 0 Å². The van der Waals surface area contributed by atoms with E-state index in [-0.39, 0.29) is 11.7 Å². The number of aromatic nitrogens is 1. The van der Waals surface area contributed by atoms with Gasteiger partial charge in [0.05, 0.1) is 0 Å². The molecule has 118 valence electrons. The molecular formula is C19H19FN2O. The molecule has 1 fully saturated rings. The number of rotatable bonds is 3. The maximum atomic E-state index is 13.8. The van der Waals surface area contributed by atoms with Crippen LogP contribution in [0.3, 0.4) is 0 Å². The molecule has 0 bridgehead atoms. The second kappa shape index (κ2) is 6.13. The Kier molecular flexibility index (Phi) is 3.83. The Morgan fingerprint density at radius 1 is 1.13 bits per heavy atom. The lowest BCUT2D eigenvalue weighted by Crippen LogP contribution is -2.34. The van der Waals surface area contributed by atoms with Crippen molar-refractivity contribution in [3.8, 4) is 0 Å². The molecule has 1 unspecified atom stereocenters. The van der Waals surface area contributed by atoms with Crippen molar-refractivity contribution < 1.29 is 8.81 Å². The zero-order valence-electron chi connectivity index (χ0n) is 12.9. The van der Waals surface area contributed by atoms with E-state index in [9.17, 15) is 4.39 Å². The molecule has 3 nitrogen and oxygen atoms in total. The van der Waals surface area contributed by atoms with E-state index in [1.165, 1.54) is 6.07 Å². The Bertz CT molecular complexity index is 781. The zero-order valence-corrected chi connectivity index (χ0v) is 12.9. The van der Waals surface area contributed by atoms with E-state index in [0.29, 0.717) is 6.54 Å². The number of piperidine rings is 1. The van der Waals surface area contributed by atoms with Gasteiger partial charge in [-0.25, -0.2) is 9.37 Å². The molecule has 1 aromatic heterocycles. The minimum atomic E-state index is -0.128. The smallest absolute Gasteiger partial charge is 0.199 e. The number of para-hydroxylation sites is 2. The summed E-state index contributed by atoms with van der Waals surface area (Å²) in [5.74, 6) is 0.962. The highest BCUT2D eigenvalue weighted by molar-refractivity contribution is 5.72. The predicted octanol–water partition coefficient (Wildman–Crippen LogP) is 4.35. The summed E-state index contributed by atoms with van der Waals surface area (Å²) in [6, 6.07) is 14.9. The lowest BCUT2D eigenvalue weighted by Gasteiger charge is -2.31. The van der Waals surface area contributed by atoms with Crippen molar-refractivity contribution in [2.24, 2.45) is 0 Å². The van der Waals surface area contributed by atoms with Crippen molar-refractivity contribution in [1.82, 2.24) is 9.88 Å². The second-order valence-corrected chi connectivity index (χ2v) is 6.19. The first-order chi connectivity index (χ1) is 11.3. The standard InChI is InChI=1S/C19H19FN2O/c20-16-8-2-1-6-14(16)12-22-11-5-7-15(13-22)19-21-17-9-3-4-10-18(17)23-19/h1-4,6,8-10,15H,5,7,11-13H2. The monoisotopic (exact) mass is 310 g/mol. The first-order valence-corrected chi connectivity index (χ1v) is 8.11. The van der Waals surface area contributed by atoms with Gasteiger partial charge in [-0.05, 0) is 37.6 Å². The third-order valence-corrected chi connectivity index (χ3v) is 4.52. The normalized spacial score (nSPS) is 19.3. The third kappa shape index (κ3) is 2.99. The largest absolute Gasteiger partial charge is 0.440 e. The van der Waals surface area contributed by atoms with Crippen molar-refractivity contribution >= 4 is 11.1 Å². The highest BCUT2D eigenvalue weighted by atomic mass is 19.1. The summed E-state index contributed by atoms with van der Waals surface area (Å²) in [6.07, 6.45) is 2.15. The summed E-state index contributed by atoms with van der Waals surface area (Å²) in [5, 5.41) is 0. The van der Waals surface area contributed by atoms with Gasteiger partial charge in [0.25, 0.3) is 0 Å². The van der Waals surface area contributed by atoms with E-state index in [0.717, 1.165) is 48.5 Å². The van der Waals surface area contributed by atoms with Gasteiger partial charge in [0.2, 0.25) is 0 Å². The summed E-state index contributed by atoms with van der Waals surface area (Å²) in [4.78, 5) is 6.92. The van der Waals surface area contributed by atoms with E-state index in [1.807, 2.05) is 36.4 Å². The van der Waals surface area contributed by atoms with E-state index in [2.05, 4.69) is 9.88 Å². The van der Waals surface area contributed by atoms with Crippen LogP contribution < -0.4 is 0 Å². The summed E-state index contributed by atoms with van der Waals surface area (Å²) >= 11 is 0. The van der Waals surface area contributed by atoms with Crippen LogP contribution >= 0.6 is 0 Å². The van der Waals surface area contributed by atoms with Crippen molar-refractivity contribution in [1.29, 1.82) is 0 Å². The van der Waals surface area contributed by atoms with Gasteiger partial charge in [0.15, 0.2) is 11.5 Å². The second-order valence-electron chi connectivity index (χ2n) is 6.19. The third-order valence-electron chi connectivity index (χ3n) is 4.52. The molecule has 1 saturated heterocycles. The fraction of sp³-hybridized carbons (Fsp3) is 0.316. The van der Waals surface area contributed by atoms with Crippen molar-refractivity contribution in [3.05, 3.63) is 65.8 Å². The minimum Gasteiger partial charge on any atom is -0.440 e. The van der Waals surface area contributed by atoms with Gasteiger partial charge in [-0.15, -0.1) is 0 Å². The molecule has 1 aliphatic heterocycles. The van der Waals surface area contributed by atoms with Gasteiger partial charge in [-0.1, -0.05) is 30.3 Å². The zero-order chi connectivity index (χ0) is 15.6. The highest BCUT2D eigenvalue weighted by Crippen LogP contribution is 2.29. The fourth-order valence-corrected chi connectivity index (χ4v) is 3.33. The van der Waals surface area contributed by atoms with Crippen molar-refractivity contribution in [2.45, 2.75) is 25.3 Å². The number of likely N-dealkylation sites (tertiary alicyclic amines) is 1. The van der Waals surface area contributed by atoms with Crippen LogP contribution in [0, 0.1) is 5.82 Å². The molecular weight excluding hydrogens is 291 g/mol. The van der Waals surface area contributed by atoms with Crippen molar-refractivity contribution in [2.75, 3.05) is 13.1 Å². The number of nitrogens with zero attached hydrogens (tertiary/aromatic N) is 2. The number of halogens is 1. The van der Waals surface area contributed by atoms with E-state index >= 15 is 0 Å². The summed E-state index contributed by atoms with van der Waals surface area (Å²) < 4.78 is 19.8. The van der Waals surface area contributed by atoms with Gasteiger partial charge in [0, 0.05) is 24.6 Å². The Morgan fingerprint density at radius 2 is 1.96 bits per heavy atom. The quantitative estimate of drug-likeness (QED) is 0.720. The first kappa shape index (κ1) is 14.4. The molecule has 3 aromatic rings. The number of hydrogen-bond donors (Lipinski definition) is 0. The van der Waals surface area contributed by atoms with Crippen LogP contribution in [-0.2, 0) is 6.54 Å². The average molecular weight is 310 g/mol. The summed E-state index contributed by atoms with van der Waals surface area (Å²) in [6.45, 7) is 2.50. The SMILES string of the molecule is Fc1ccccc1CN1CCCC(c2nc3ccccc3o2)C1. The molecule has 4 rings (SSSR count). The van der Waals surface area contributed by atoms with Crippen LogP contribution in [0.15, 0.2) is 52.9 Å². The van der Waals surface area contributed by atoms with Gasteiger partial charge >= 0.3 is 0 Å². The molecule has 4 heteroatoms. The molecule has 0 aliphatic carbocycles. The van der Waals surface area contributed by atoms with E-state index < -0.39 is 0 Å².